The van der Waals surface area contributed by atoms with Crippen LogP contribution in [0.4, 0.5) is 18.9 Å². The van der Waals surface area contributed by atoms with E-state index in [1.54, 1.807) is 51.0 Å². The Hall–Kier alpha value is -4.74. The van der Waals surface area contributed by atoms with Crippen LogP contribution >= 0.6 is 0 Å². The molecule has 2 aromatic heterocycles. The summed E-state index contributed by atoms with van der Waals surface area (Å²) in [5.41, 5.74) is 0.136. The van der Waals surface area contributed by atoms with Gasteiger partial charge in [0, 0.05) is 62.0 Å². The number of anilines is 1. The Morgan fingerprint density at radius 1 is 0.875 bits per heavy atom. The minimum atomic E-state index is -4.65. The maximum Gasteiger partial charge on any atom is 0.433 e. The van der Waals surface area contributed by atoms with Crippen LogP contribution in [0.5, 0.6) is 0 Å². The molecule has 3 amide bonds. The van der Waals surface area contributed by atoms with Crippen molar-refractivity contribution in [2.45, 2.75) is 19.1 Å². The van der Waals surface area contributed by atoms with E-state index < -0.39 is 17.8 Å². The molecule has 0 bridgehead atoms. The number of aryl methyl sites for hydroxylation is 1. The zero-order valence-corrected chi connectivity index (χ0v) is 21.3. The monoisotopic (exact) mass is 550 g/mol. The predicted molar refractivity (Wildman–Crippen MR) is 140 cm³/mol. The van der Waals surface area contributed by atoms with Crippen LogP contribution in [0.1, 0.15) is 33.0 Å². The summed E-state index contributed by atoms with van der Waals surface area (Å²) in [6.45, 7) is 2.20. The van der Waals surface area contributed by atoms with Gasteiger partial charge in [0.15, 0.2) is 0 Å². The molecule has 9 nitrogen and oxygen atoms in total. The summed E-state index contributed by atoms with van der Waals surface area (Å²) in [5, 5.41) is 7.71. The van der Waals surface area contributed by atoms with Gasteiger partial charge in [-0.2, -0.15) is 18.3 Å². The van der Waals surface area contributed by atoms with Crippen LogP contribution in [-0.2, 0) is 17.5 Å². The highest BCUT2D eigenvalue weighted by Crippen LogP contribution is 2.27. The highest BCUT2D eigenvalue weighted by Gasteiger charge is 2.33. The zero-order chi connectivity index (χ0) is 28.3. The highest BCUT2D eigenvalue weighted by molar-refractivity contribution is 6.03. The molecule has 1 N–H and O–H groups in total. The molecule has 12 heteroatoms. The number of nitrogens with one attached hydrogen (secondary N) is 1. The van der Waals surface area contributed by atoms with Crippen LogP contribution < -0.4 is 5.32 Å². The predicted octanol–water partition coefficient (Wildman–Crippen LogP) is 4.08. The number of rotatable bonds is 6. The summed E-state index contributed by atoms with van der Waals surface area (Å²) < 4.78 is 40.4. The maximum atomic E-state index is 12.9. The average Bonchev–Trinajstić information content (AvgIpc) is 3.38. The normalized spacial score (nSPS) is 13.9. The molecule has 40 heavy (non-hydrogen) atoms. The van der Waals surface area contributed by atoms with Crippen molar-refractivity contribution >= 4 is 34.3 Å². The van der Waals surface area contributed by atoms with Crippen LogP contribution in [0.15, 0.2) is 72.9 Å². The molecule has 0 radical (unpaired) electrons. The van der Waals surface area contributed by atoms with Gasteiger partial charge < -0.3 is 15.1 Å². The summed E-state index contributed by atoms with van der Waals surface area (Å²) in [6.07, 6.45) is -2.69. The maximum absolute atomic E-state index is 12.9. The van der Waals surface area contributed by atoms with Gasteiger partial charge in [-0.05, 0) is 42.5 Å². The zero-order valence-electron chi connectivity index (χ0n) is 21.3. The van der Waals surface area contributed by atoms with Gasteiger partial charge in [-0.25, -0.2) is 4.98 Å². The third-order valence-corrected chi connectivity index (χ3v) is 6.58. The standard InChI is InChI=1S/C28H25F3N6O3/c29-28(30,31)24-8-4-7-23(33-24)26(39)32-21-9-10-22-20(17-21)18-37(34-22)12-11-25(38)35-13-15-36(16-14-35)27(40)19-5-2-1-3-6-19/h1-10,17-18H,11-16H2,(H,32,39). The molecule has 0 saturated carbocycles. The summed E-state index contributed by atoms with van der Waals surface area (Å²) in [7, 11) is 0. The van der Waals surface area contributed by atoms with E-state index in [0.29, 0.717) is 54.9 Å². The van der Waals surface area contributed by atoms with Crippen LogP contribution in [0.3, 0.4) is 0 Å². The number of alkyl halides is 3. The van der Waals surface area contributed by atoms with E-state index >= 15 is 0 Å². The lowest BCUT2D eigenvalue weighted by atomic mass is 10.2. The van der Waals surface area contributed by atoms with E-state index in [-0.39, 0.29) is 23.9 Å². The van der Waals surface area contributed by atoms with Crippen LogP contribution in [0.2, 0.25) is 0 Å². The van der Waals surface area contributed by atoms with E-state index in [1.165, 1.54) is 6.07 Å². The van der Waals surface area contributed by atoms with Crippen molar-refractivity contribution in [1.29, 1.82) is 0 Å². The lowest BCUT2D eigenvalue weighted by Crippen LogP contribution is -2.50. The lowest BCUT2D eigenvalue weighted by Gasteiger charge is -2.35. The Morgan fingerprint density at radius 3 is 2.33 bits per heavy atom. The van der Waals surface area contributed by atoms with E-state index in [0.717, 1.165) is 12.1 Å². The molecule has 3 heterocycles. The first kappa shape index (κ1) is 26.9. The molecule has 206 valence electrons. The van der Waals surface area contributed by atoms with E-state index in [9.17, 15) is 27.6 Å². The Labute approximate surface area is 227 Å². The molecule has 4 aromatic rings. The van der Waals surface area contributed by atoms with Crippen LogP contribution in [0.25, 0.3) is 10.9 Å². The van der Waals surface area contributed by atoms with Gasteiger partial charge in [0.05, 0.1) is 5.52 Å². The minimum Gasteiger partial charge on any atom is -0.339 e. The second-order valence-corrected chi connectivity index (χ2v) is 9.31. The SMILES string of the molecule is O=C(Nc1ccc2nn(CCC(=O)N3CCN(C(=O)c4ccccc4)CC3)cc2c1)c1cccc(C(F)(F)F)n1. The molecular weight excluding hydrogens is 525 g/mol. The van der Waals surface area contributed by atoms with Crippen molar-refractivity contribution in [3.63, 3.8) is 0 Å². The Morgan fingerprint density at radius 2 is 1.60 bits per heavy atom. The van der Waals surface area contributed by atoms with Gasteiger partial charge in [-0.3, -0.25) is 19.1 Å². The second-order valence-electron chi connectivity index (χ2n) is 9.31. The van der Waals surface area contributed by atoms with Crippen LogP contribution in [-0.4, -0.2) is 68.5 Å². The second kappa shape index (κ2) is 11.2. The Kier molecular flexibility index (Phi) is 7.50. The molecule has 1 aliphatic rings. The molecule has 0 atom stereocenters. The van der Waals surface area contributed by atoms with Crippen LogP contribution in [0, 0.1) is 0 Å². The van der Waals surface area contributed by atoms with Gasteiger partial charge >= 0.3 is 6.18 Å². The molecule has 1 fully saturated rings. The highest BCUT2D eigenvalue weighted by atomic mass is 19.4. The first-order valence-corrected chi connectivity index (χ1v) is 12.6. The first-order valence-electron chi connectivity index (χ1n) is 12.6. The Bertz CT molecular complexity index is 1550. The summed E-state index contributed by atoms with van der Waals surface area (Å²) in [5.74, 6) is -0.848. The van der Waals surface area contributed by atoms with Crippen molar-refractivity contribution in [1.82, 2.24) is 24.6 Å². The molecule has 0 unspecified atom stereocenters. The van der Waals surface area contributed by atoms with E-state index in [2.05, 4.69) is 15.4 Å². The molecule has 1 aliphatic heterocycles. The molecule has 1 saturated heterocycles. The molecular formula is C28H25F3N6O3. The number of halogens is 3. The van der Waals surface area contributed by atoms with Crippen molar-refractivity contribution in [2.24, 2.45) is 0 Å². The Balaban J connectivity index is 1.15. The van der Waals surface area contributed by atoms with E-state index in [4.69, 9.17) is 0 Å². The molecule has 0 aliphatic carbocycles. The van der Waals surface area contributed by atoms with Gasteiger partial charge in [-0.1, -0.05) is 24.3 Å². The van der Waals surface area contributed by atoms with Gasteiger partial charge in [0.25, 0.3) is 11.8 Å². The number of hydrogen-bond acceptors (Lipinski definition) is 5. The number of nitrogens with zero attached hydrogens (tertiary/aromatic N) is 5. The topological polar surface area (TPSA) is 100 Å². The average molecular weight is 551 g/mol. The summed E-state index contributed by atoms with van der Waals surface area (Å²) >= 11 is 0. The first-order chi connectivity index (χ1) is 19.2. The number of fused-ring (bicyclic) bond motifs is 1. The molecule has 0 spiro atoms. The quantitative estimate of drug-likeness (QED) is 0.390. The fraction of sp³-hybridized carbons (Fsp3) is 0.250. The summed E-state index contributed by atoms with van der Waals surface area (Å²) in [6, 6.07) is 17.1. The molecule has 2 aromatic carbocycles. The minimum absolute atomic E-state index is 0.0343. The van der Waals surface area contributed by atoms with Crippen molar-refractivity contribution < 1.29 is 27.6 Å². The number of carbonyl (C=O) groups excluding carboxylic acids is 3. The summed E-state index contributed by atoms with van der Waals surface area (Å²) in [4.78, 5) is 44.8. The fourth-order valence-corrected chi connectivity index (χ4v) is 4.47. The number of hydrogen-bond donors (Lipinski definition) is 1. The third-order valence-electron chi connectivity index (χ3n) is 6.58. The number of carbonyl (C=O) groups is 3. The van der Waals surface area contributed by atoms with Crippen molar-refractivity contribution in [3.05, 3.63) is 89.9 Å². The smallest absolute Gasteiger partial charge is 0.339 e. The fourth-order valence-electron chi connectivity index (χ4n) is 4.47. The number of benzene rings is 2. The van der Waals surface area contributed by atoms with Gasteiger partial charge in [-0.15, -0.1) is 0 Å². The molecule has 5 rings (SSSR count). The van der Waals surface area contributed by atoms with E-state index in [1.807, 2.05) is 18.2 Å². The number of aromatic nitrogens is 3. The third kappa shape index (κ3) is 6.11. The van der Waals surface area contributed by atoms with Crippen molar-refractivity contribution in [2.75, 3.05) is 31.5 Å². The number of piperazine rings is 1. The lowest BCUT2D eigenvalue weighted by molar-refractivity contribution is -0.141. The van der Waals surface area contributed by atoms with Gasteiger partial charge in [0.1, 0.15) is 11.4 Å². The van der Waals surface area contributed by atoms with Crippen molar-refractivity contribution in [3.8, 4) is 0 Å². The largest absolute Gasteiger partial charge is 0.433 e. The number of pyridine rings is 1. The number of amides is 3. The van der Waals surface area contributed by atoms with Gasteiger partial charge in [0.2, 0.25) is 5.91 Å².